The van der Waals surface area contributed by atoms with Crippen LogP contribution >= 0.6 is 15.9 Å². The van der Waals surface area contributed by atoms with Gasteiger partial charge in [-0.1, -0.05) is 28.0 Å². The number of benzene rings is 1. The Kier molecular flexibility index (Phi) is 5.84. The van der Waals surface area contributed by atoms with Gasteiger partial charge >= 0.3 is 0 Å². The third-order valence-electron chi connectivity index (χ3n) is 2.92. The van der Waals surface area contributed by atoms with E-state index >= 15 is 0 Å². The second-order valence-electron chi connectivity index (χ2n) is 4.55. The van der Waals surface area contributed by atoms with Crippen molar-refractivity contribution < 1.29 is 13.7 Å². The van der Waals surface area contributed by atoms with Crippen LogP contribution in [0.3, 0.4) is 0 Å². The van der Waals surface area contributed by atoms with Gasteiger partial charge in [-0.3, -0.25) is 0 Å². The molecule has 114 valence electrons. The van der Waals surface area contributed by atoms with Gasteiger partial charge in [0, 0.05) is 29.6 Å². The van der Waals surface area contributed by atoms with Crippen LogP contribution in [0, 0.1) is 5.82 Å². The number of rotatable bonds is 7. The fraction of sp³-hybridized carbons (Fsp3) is 0.429. The smallest absolute Gasteiger partial charge is 0.228 e. The van der Waals surface area contributed by atoms with Gasteiger partial charge in [-0.15, -0.1) is 0 Å². The summed E-state index contributed by atoms with van der Waals surface area (Å²) in [5, 5.41) is 7.19. The monoisotopic (exact) mass is 357 g/mol. The molecule has 1 unspecified atom stereocenters. The number of likely N-dealkylation sites (N-methyl/N-ethyl adjacent to an activating group) is 1. The first-order chi connectivity index (χ1) is 10.1. The van der Waals surface area contributed by atoms with Crippen molar-refractivity contribution in [3.05, 3.63) is 34.4 Å². The van der Waals surface area contributed by atoms with Crippen molar-refractivity contribution in [2.75, 3.05) is 20.3 Å². The molecule has 1 aromatic heterocycles. The molecule has 1 heterocycles. The number of hydrogen-bond donors (Lipinski definition) is 1. The summed E-state index contributed by atoms with van der Waals surface area (Å²) >= 11 is 3.36. The Morgan fingerprint density at radius 1 is 1.48 bits per heavy atom. The van der Waals surface area contributed by atoms with Crippen LogP contribution in [0.5, 0.6) is 0 Å². The average Bonchev–Trinajstić information content (AvgIpc) is 2.90. The lowest BCUT2D eigenvalue weighted by atomic mass is 10.2. The van der Waals surface area contributed by atoms with Crippen molar-refractivity contribution >= 4 is 15.9 Å². The maximum absolute atomic E-state index is 13.3. The number of ether oxygens (including phenoxy) is 1. The van der Waals surface area contributed by atoms with Crippen molar-refractivity contribution in [1.82, 2.24) is 15.5 Å². The summed E-state index contributed by atoms with van der Waals surface area (Å²) in [6.07, 6.45) is 0.557. The van der Waals surface area contributed by atoms with Gasteiger partial charge in [0.05, 0.1) is 6.61 Å². The van der Waals surface area contributed by atoms with Gasteiger partial charge < -0.3 is 14.6 Å². The van der Waals surface area contributed by atoms with Crippen LogP contribution in [-0.2, 0) is 11.2 Å². The van der Waals surface area contributed by atoms with Crippen LogP contribution in [0.15, 0.2) is 27.2 Å². The van der Waals surface area contributed by atoms with Crippen LogP contribution in [0.25, 0.3) is 11.4 Å². The van der Waals surface area contributed by atoms with Crippen molar-refractivity contribution in [1.29, 1.82) is 0 Å². The fourth-order valence-corrected chi connectivity index (χ4v) is 2.43. The van der Waals surface area contributed by atoms with Crippen LogP contribution in [0.4, 0.5) is 4.39 Å². The molecule has 7 heteroatoms. The lowest BCUT2D eigenvalue weighted by Crippen LogP contribution is -2.35. The van der Waals surface area contributed by atoms with E-state index < -0.39 is 0 Å². The molecule has 0 aliphatic carbocycles. The Morgan fingerprint density at radius 2 is 2.29 bits per heavy atom. The first-order valence-corrected chi connectivity index (χ1v) is 7.43. The van der Waals surface area contributed by atoms with Gasteiger partial charge in [0.25, 0.3) is 0 Å². The molecule has 0 amide bonds. The van der Waals surface area contributed by atoms with E-state index in [-0.39, 0.29) is 11.9 Å². The molecule has 2 rings (SSSR count). The Balaban J connectivity index is 2.15. The van der Waals surface area contributed by atoms with Gasteiger partial charge in [-0.05, 0) is 24.7 Å². The second kappa shape index (κ2) is 7.63. The fourth-order valence-electron chi connectivity index (χ4n) is 2.01. The highest BCUT2D eigenvalue weighted by Gasteiger charge is 2.16. The summed E-state index contributed by atoms with van der Waals surface area (Å²) in [7, 11) is 1.65. The van der Waals surface area contributed by atoms with E-state index in [1.54, 1.807) is 13.2 Å². The summed E-state index contributed by atoms with van der Waals surface area (Å²) in [5.74, 6) is 0.512. The predicted octanol–water partition coefficient (Wildman–Crippen LogP) is 2.81. The molecule has 0 radical (unpaired) electrons. The number of hydrogen-bond acceptors (Lipinski definition) is 5. The van der Waals surface area contributed by atoms with E-state index in [1.807, 2.05) is 6.92 Å². The maximum Gasteiger partial charge on any atom is 0.228 e. The minimum Gasteiger partial charge on any atom is -0.383 e. The van der Waals surface area contributed by atoms with Crippen LogP contribution in [0.2, 0.25) is 0 Å². The molecule has 0 fully saturated rings. The molecule has 0 spiro atoms. The van der Waals surface area contributed by atoms with Crippen molar-refractivity contribution in [3.8, 4) is 11.4 Å². The highest BCUT2D eigenvalue weighted by Crippen LogP contribution is 2.26. The second-order valence-corrected chi connectivity index (χ2v) is 5.40. The molecule has 1 N–H and O–H groups in total. The molecule has 1 atom stereocenters. The van der Waals surface area contributed by atoms with Crippen LogP contribution in [0.1, 0.15) is 12.8 Å². The largest absolute Gasteiger partial charge is 0.383 e. The van der Waals surface area contributed by atoms with Gasteiger partial charge in [-0.25, -0.2) is 4.39 Å². The molecule has 1 aromatic carbocycles. The molecule has 0 aliphatic rings. The molecule has 0 saturated heterocycles. The third kappa shape index (κ3) is 4.33. The van der Waals surface area contributed by atoms with Crippen LogP contribution < -0.4 is 5.32 Å². The minimum absolute atomic E-state index is 0.101. The zero-order valence-electron chi connectivity index (χ0n) is 11.9. The molecule has 0 aliphatic heterocycles. The number of halogens is 2. The van der Waals surface area contributed by atoms with E-state index in [0.717, 1.165) is 11.0 Å². The van der Waals surface area contributed by atoms with E-state index in [9.17, 15) is 4.39 Å². The summed E-state index contributed by atoms with van der Waals surface area (Å²) in [5.41, 5.74) is 0.566. The topological polar surface area (TPSA) is 60.2 Å². The number of nitrogens with zero attached hydrogens (tertiary/aromatic N) is 2. The number of aromatic nitrogens is 2. The molecule has 0 saturated carbocycles. The standard InChI is InChI=1S/C14H17BrFN3O2/c1-3-17-10(8-20-2)7-13-18-14(19-21-13)11-6-9(16)4-5-12(11)15/h4-6,10,17H,3,7-8H2,1-2H3. The zero-order chi connectivity index (χ0) is 15.2. The van der Waals surface area contributed by atoms with Crippen LogP contribution in [-0.4, -0.2) is 36.4 Å². The first kappa shape index (κ1) is 16.1. The highest BCUT2D eigenvalue weighted by atomic mass is 79.9. The zero-order valence-corrected chi connectivity index (χ0v) is 13.5. The van der Waals surface area contributed by atoms with Crippen molar-refractivity contribution in [2.24, 2.45) is 0 Å². The first-order valence-electron chi connectivity index (χ1n) is 6.64. The minimum atomic E-state index is -0.343. The SMILES string of the molecule is CCNC(COC)Cc1nc(-c2cc(F)ccc2Br)no1. The van der Waals surface area contributed by atoms with E-state index in [4.69, 9.17) is 9.26 Å². The normalized spacial score (nSPS) is 12.6. The lowest BCUT2D eigenvalue weighted by molar-refractivity contribution is 0.162. The Labute approximate surface area is 131 Å². The molecular weight excluding hydrogens is 341 g/mol. The summed E-state index contributed by atoms with van der Waals surface area (Å²) in [4.78, 5) is 4.32. The van der Waals surface area contributed by atoms with E-state index in [0.29, 0.717) is 30.3 Å². The third-order valence-corrected chi connectivity index (χ3v) is 3.61. The molecule has 5 nitrogen and oxygen atoms in total. The van der Waals surface area contributed by atoms with Crippen molar-refractivity contribution in [3.63, 3.8) is 0 Å². The number of methoxy groups -OCH3 is 1. The molecule has 2 aromatic rings. The van der Waals surface area contributed by atoms with E-state index in [1.165, 1.54) is 12.1 Å². The van der Waals surface area contributed by atoms with E-state index in [2.05, 4.69) is 31.4 Å². The van der Waals surface area contributed by atoms with Gasteiger partial charge in [-0.2, -0.15) is 4.98 Å². The molecule has 0 bridgehead atoms. The Bertz CT molecular complexity index is 585. The van der Waals surface area contributed by atoms with Gasteiger partial charge in [0.1, 0.15) is 5.82 Å². The highest BCUT2D eigenvalue weighted by molar-refractivity contribution is 9.10. The summed E-state index contributed by atoms with van der Waals surface area (Å²) < 4.78 is 24.4. The molecular formula is C14H17BrFN3O2. The summed E-state index contributed by atoms with van der Waals surface area (Å²) in [6, 6.07) is 4.46. The van der Waals surface area contributed by atoms with Gasteiger partial charge in [0.15, 0.2) is 0 Å². The molecule has 21 heavy (non-hydrogen) atoms. The Hall–Kier alpha value is -1.31. The predicted molar refractivity (Wildman–Crippen MR) is 80.4 cm³/mol. The summed E-state index contributed by atoms with van der Waals surface area (Å²) in [6.45, 7) is 3.39. The average molecular weight is 358 g/mol. The maximum atomic E-state index is 13.3. The lowest BCUT2D eigenvalue weighted by Gasteiger charge is -2.14. The quantitative estimate of drug-likeness (QED) is 0.825. The van der Waals surface area contributed by atoms with Crippen molar-refractivity contribution in [2.45, 2.75) is 19.4 Å². The van der Waals surface area contributed by atoms with Gasteiger partial charge in [0.2, 0.25) is 11.7 Å². The Morgan fingerprint density at radius 3 is 3.00 bits per heavy atom. The number of nitrogens with one attached hydrogen (secondary N) is 1.